The van der Waals surface area contributed by atoms with Crippen LogP contribution in [0.2, 0.25) is 0 Å². The number of hydrogen-bond acceptors (Lipinski definition) is 3. The molecule has 0 amide bonds. The first kappa shape index (κ1) is 15.3. The van der Waals surface area contributed by atoms with Crippen molar-refractivity contribution < 1.29 is 13.9 Å². The minimum atomic E-state index is -0.273. The van der Waals surface area contributed by atoms with Gasteiger partial charge in [-0.3, -0.25) is 0 Å². The number of methoxy groups -OCH3 is 2. The summed E-state index contributed by atoms with van der Waals surface area (Å²) >= 11 is 0. The van der Waals surface area contributed by atoms with Crippen LogP contribution in [0.1, 0.15) is 18.5 Å². The number of hydrogen-bond donors (Lipinski definition) is 1. The van der Waals surface area contributed by atoms with Gasteiger partial charge in [0.25, 0.3) is 0 Å². The highest BCUT2D eigenvalue weighted by Crippen LogP contribution is 2.35. The van der Waals surface area contributed by atoms with Crippen LogP contribution in [0, 0.1) is 5.82 Å². The van der Waals surface area contributed by atoms with Gasteiger partial charge >= 0.3 is 0 Å². The Morgan fingerprint density at radius 1 is 1.00 bits per heavy atom. The average molecular weight is 289 g/mol. The van der Waals surface area contributed by atoms with E-state index < -0.39 is 0 Å². The molecule has 0 aliphatic rings. The number of nitrogens with one attached hydrogen (secondary N) is 1. The fourth-order valence-electron chi connectivity index (χ4n) is 2.21. The summed E-state index contributed by atoms with van der Waals surface area (Å²) in [6, 6.07) is 10.6. The molecular weight excluding hydrogens is 269 g/mol. The van der Waals surface area contributed by atoms with Gasteiger partial charge in [0.1, 0.15) is 17.3 Å². The molecule has 112 valence electrons. The van der Waals surface area contributed by atoms with Gasteiger partial charge in [-0.25, -0.2) is 4.39 Å². The third-order valence-corrected chi connectivity index (χ3v) is 3.62. The second-order valence-corrected chi connectivity index (χ2v) is 4.82. The summed E-state index contributed by atoms with van der Waals surface area (Å²) in [4.78, 5) is 0. The van der Waals surface area contributed by atoms with E-state index in [-0.39, 0.29) is 11.9 Å². The molecule has 2 aromatic carbocycles. The summed E-state index contributed by atoms with van der Waals surface area (Å²) in [7, 11) is 5.03. The molecule has 2 rings (SSSR count). The fraction of sp³-hybridized carbons (Fsp3) is 0.294. The maximum atomic E-state index is 14.2. The quantitative estimate of drug-likeness (QED) is 0.908. The van der Waals surface area contributed by atoms with E-state index in [4.69, 9.17) is 9.47 Å². The first-order chi connectivity index (χ1) is 10.1. The monoisotopic (exact) mass is 289 g/mol. The first-order valence-corrected chi connectivity index (χ1v) is 6.79. The molecule has 0 saturated carbocycles. The zero-order valence-electron chi connectivity index (χ0n) is 12.7. The molecule has 3 nitrogen and oxygen atoms in total. The summed E-state index contributed by atoms with van der Waals surface area (Å²) < 4.78 is 24.7. The van der Waals surface area contributed by atoms with Crippen LogP contribution < -0.4 is 14.8 Å². The summed E-state index contributed by atoms with van der Waals surface area (Å²) in [5, 5.41) is 3.15. The zero-order valence-corrected chi connectivity index (χ0v) is 12.7. The van der Waals surface area contributed by atoms with E-state index in [0.29, 0.717) is 22.6 Å². The van der Waals surface area contributed by atoms with Gasteiger partial charge in [-0.05, 0) is 43.8 Å². The number of rotatable bonds is 5. The Morgan fingerprint density at radius 2 is 1.76 bits per heavy atom. The normalized spacial score (nSPS) is 12.0. The fourth-order valence-corrected chi connectivity index (χ4v) is 2.21. The molecule has 0 aromatic heterocycles. The summed E-state index contributed by atoms with van der Waals surface area (Å²) in [6.07, 6.45) is 0. The van der Waals surface area contributed by atoms with Crippen LogP contribution in [0.15, 0.2) is 36.4 Å². The van der Waals surface area contributed by atoms with Crippen LogP contribution in [-0.2, 0) is 0 Å². The lowest BCUT2D eigenvalue weighted by Gasteiger charge is -2.15. The lowest BCUT2D eigenvalue weighted by atomic mass is 9.98. The van der Waals surface area contributed by atoms with Crippen molar-refractivity contribution in [2.24, 2.45) is 0 Å². The van der Waals surface area contributed by atoms with Crippen molar-refractivity contribution in [1.29, 1.82) is 0 Å². The smallest absolute Gasteiger partial charge is 0.131 e. The van der Waals surface area contributed by atoms with Crippen molar-refractivity contribution in [3.63, 3.8) is 0 Å². The molecule has 0 aliphatic carbocycles. The van der Waals surface area contributed by atoms with Crippen molar-refractivity contribution >= 4 is 0 Å². The van der Waals surface area contributed by atoms with Gasteiger partial charge in [0.2, 0.25) is 0 Å². The van der Waals surface area contributed by atoms with E-state index in [1.807, 2.05) is 26.1 Å². The average Bonchev–Trinajstić information content (AvgIpc) is 2.54. The van der Waals surface area contributed by atoms with Crippen molar-refractivity contribution in [2.45, 2.75) is 13.0 Å². The molecule has 0 heterocycles. The minimum absolute atomic E-state index is 0.147. The highest BCUT2D eigenvalue weighted by Gasteiger charge is 2.14. The largest absolute Gasteiger partial charge is 0.497 e. The summed E-state index contributed by atoms with van der Waals surface area (Å²) in [5.74, 6) is 0.990. The SMILES string of the molecule is CNC(C)c1ccc(F)c(-c2ccc(OC)cc2OC)c1. The van der Waals surface area contributed by atoms with Crippen LogP contribution in [0.25, 0.3) is 11.1 Å². The molecule has 4 heteroatoms. The van der Waals surface area contributed by atoms with Crippen molar-refractivity contribution in [3.8, 4) is 22.6 Å². The van der Waals surface area contributed by atoms with Crippen LogP contribution in [0.4, 0.5) is 4.39 Å². The van der Waals surface area contributed by atoms with Crippen LogP contribution in [0.3, 0.4) is 0 Å². The molecule has 21 heavy (non-hydrogen) atoms. The number of benzene rings is 2. The Hall–Kier alpha value is -2.07. The highest BCUT2D eigenvalue weighted by atomic mass is 19.1. The van der Waals surface area contributed by atoms with Crippen molar-refractivity contribution in [2.75, 3.05) is 21.3 Å². The van der Waals surface area contributed by atoms with Crippen LogP contribution in [-0.4, -0.2) is 21.3 Å². The second kappa shape index (κ2) is 6.59. The number of halogens is 1. The Kier molecular flexibility index (Phi) is 4.81. The third kappa shape index (κ3) is 3.16. The molecule has 1 atom stereocenters. The molecule has 2 aromatic rings. The molecule has 0 radical (unpaired) electrons. The van der Waals surface area contributed by atoms with Gasteiger partial charge in [-0.1, -0.05) is 6.07 Å². The van der Waals surface area contributed by atoms with Crippen molar-refractivity contribution in [1.82, 2.24) is 5.32 Å². The Labute approximate surface area is 124 Å². The Morgan fingerprint density at radius 3 is 2.38 bits per heavy atom. The van der Waals surface area contributed by atoms with E-state index in [0.717, 1.165) is 5.56 Å². The maximum absolute atomic E-state index is 14.2. The lowest BCUT2D eigenvalue weighted by molar-refractivity contribution is 0.395. The molecule has 0 bridgehead atoms. The molecule has 0 fully saturated rings. The van der Waals surface area contributed by atoms with E-state index in [2.05, 4.69) is 5.32 Å². The number of ether oxygens (including phenoxy) is 2. The molecule has 1 N–H and O–H groups in total. The zero-order chi connectivity index (χ0) is 15.4. The Bertz CT molecular complexity index is 628. The van der Waals surface area contributed by atoms with Crippen LogP contribution in [0.5, 0.6) is 11.5 Å². The molecular formula is C17H20FNO2. The summed E-state index contributed by atoms with van der Waals surface area (Å²) in [6.45, 7) is 2.03. The third-order valence-electron chi connectivity index (χ3n) is 3.62. The highest BCUT2D eigenvalue weighted by molar-refractivity contribution is 5.72. The topological polar surface area (TPSA) is 30.5 Å². The van der Waals surface area contributed by atoms with E-state index in [1.54, 1.807) is 32.4 Å². The first-order valence-electron chi connectivity index (χ1n) is 6.79. The molecule has 1 unspecified atom stereocenters. The van der Waals surface area contributed by atoms with Gasteiger partial charge in [0, 0.05) is 23.2 Å². The van der Waals surface area contributed by atoms with Gasteiger partial charge < -0.3 is 14.8 Å². The standard InChI is InChI=1S/C17H20FNO2/c1-11(19-2)12-5-8-16(18)15(9-12)14-7-6-13(20-3)10-17(14)21-4/h5-11,19H,1-4H3. The van der Waals surface area contributed by atoms with Gasteiger partial charge in [-0.15, -0.1) is 0 Å². The van der Waals surface area contributed by atoms with Crippen LogP contribution >= 0.6 is 0 Å². The van der Waals surface area contributed by atoms with Gasteiger partial charge in [-0.2, -0.15) is 0 Å². The van der Waals surface area contributed by atoms with Gasteiger partial charge in [0.15, 0.2) is 0 Å². The van der Waals surface area contributed by atoms with Crippen molar-refractivity contribution in [3.05, 3.63) is 47.8 Å². The second-order valence-electron chi connectivity index (χ2n) is 4.82. The lowest BCUT2D eigenvalue weighted by Crippen LogP contribution is -2.12. The maximum Gasteiger partial charge on any atom is 0.131 e. The molecule has 0 saturated heterocycles. The van der Waals surface area contributed by atoms with E-state index >= 15 is 0 Å². The predicted molar refractivity (Wildman–Crippen MR) is 82.4 cm³/mol. The Balaban J connectivity index is 2.55. The van der Waals surface area contributed by atoms with E-state index in [1.165, 1.54) is 6.07 Å². The molecule has 0 spiro atoms. The molecule has 0 aliphatic heterocycles. The van der Waals surface area contributed by atoms with Gasteiger partial charge in [0.05, 0.1) is 14.2 Å². The minimum Gasteiger partial charge on any atom is -0.497 e. The predicted octanol–water partition coefficient (Wildman–Crippen LogP) is 3.79. The summed E-state index contributed by atoms with van der Waals surface area (Å²) in [5.41, 5.74) is 2.25. The van der Waals surface area contributed by atoms with E-state index in [9.17, 15) is 4.39 Å².